The highest BCUT2D eigenvalue weighted by Gasteiger charge is 2.28. The number of nitrogens with zero attached hydrogens (tertiary/aromatic N) is 1. The molecule has 0 radical (unpaired) electrons. The monoisotopic (exact) mass is 323 g/mol. The van der Waals surface area contributed by atoms with Gasteiger partial charge >= 0.3 is 6.18 Å². The van der Waals surface area contributed by atoms with Crippen LogP contribution in [0.2, 0.25) is 0 Å². The summed E-state index contributed by atoms with van der Waals surface area (Å²) in [6, 6.07) is 15.6. The van der Waals surface area contributed by atoms with Gasteiger partial charge in [-0.3, -0.25) is 0 Å². The number of hydrogen-bond donors (Lipinski definition) is 2. The Morgan fingerprint density at radius 2 is 1.83 bits per heavy atom. The van der Waals surface area contributed by atoms with E-state index >= 15 is 0 Å². The number of ether oxygens (including phenoxy) is 1. The van der Waals surface area contributed by atoms with E-state index in [1.165, 1.54) is 12.1 Å². The Balaban J connectivity index is 1.93. The Labute approximate surface area is 131 Å². The molecular formula is C16H16F3N3O. The number of nitrogens with one attached hydrogen (secondary N) is 1. The summed E-state index contributed by atoms with van der Waals surface area (Å²) in [5.74, 6) is 0.363. The highest BCUT2D eigenvalue weighted by atomic mass is 19.4. The molecule has 0 atom stereocenters. The van der Waals surface area contributed by atoms with E-state index in [-0.39, 0.29) is 18.3 Å². The number of hydrogen-bond acceptors (Lipinski definition) is 2. The Bertz CT molecular complexity index is 657. The molecule has 0 heterocycles. The lowest BCUT2D eigenvalue weighted by Crippen LogP contribution is -2.22. The minimum atomic E-state index is -4.36. The predicted molar refractivity (Wildman–Crippen MR) is 83.4 cm³/mol. The molecule has 0 bridgehead atoms. The quantitative estimate of drug-likeness (QED) is 0.653. The lowest BCUT2D eigenvalue weighted by Gasteiger charge is -2.10. The smallest absolute Gasteiger partial charge is 0.422 e. The molecule has 0 aromatic heterocycles. The van der Waals surface area contributed by atoms with Crippen LogP contribution in [0.3, 0.4) is 0 Å². The molecule has 0 saturated carbocycles. The van der Waals surface area contributed by atoms with Crippen molar-refractivity contribution in [3.63, 3.8) is 0 Å². The second-order valence-corrected chi connectivity index (χ2v) is 4.74. The Hall–Kier alpha value is -2.70. The molecule has 23 heavy (non-hydrogen) atoms. The number of alkyl halides is 3. The molecule has 0 aliphatic rings. The van der Waals surface area contributed by atoms with Crippen LogP contribution in [0.4, 0.5) is 18.9 Å². The molecule has 4 nitrogen and oxygen atoms in total. The van der Waals surface area contributed by atoms with Gasteiger partial charge in [-0.2, -0.15) is 13.2 Å². The number of para-hydroxylation sites is 1. The molecule has 0 saturated heterocycles. The largest absolute Gasteiger partial charge is 0.484 e. The normalized spacial score (nSPS) is 12.0. The van der Waals surface area contributed by atoms with Gasteiger partial charge in [0.05, 0.1) is 6.54 Å². The van der Waals surface area contributed by atoms with Gasteiger partial charge in [0.1, 0.15) is 5.75 Å². The third-order valence-corrected chi connectivity index (χ3v) is 2.78. The summed E-state index contributed by atoms with van der Waals surface area (Å²) in [4.78, 5) is 4.15. The van der Waals surface area contributed by atoms with E-state index < -0.39 is 12.8 Å². The molecule has 122 valence electrons. The molecule has 0 spiro atoms. The van der Waals surface area contributed by atoms with E-state index in [9.17, 15) is 13.2 Å². The molecule has 2 aromatic carbocycles. The van der Waals surface area contributed by atoms with Gasteiger partial charge in [0.2, 0.25) is 0 Å². The third-order valence-electron chi connectivity index (χ3n) is 2.78. The van der Waals surface area contributed by atoms with Crippen LogP contribution >= 0.6 is 0 Å². The lowest BCUT2D eigenvalue weighted by molar-refractivity contribution is -0.153. The Morgan fingerprint density at radius 3 is 2.52 bits per heavy atom. The minimum Gasteiger partial charge on any atom is -0.484 e. The van der Waals surface area contributed by atoms with Crippen LogP contribution in [0.5, 0.6) is 5.75 Å². The molecule has 0 aliphatic heterocycles. The molecule has 3 N–H and O–H groups in total. The molecule has 7 heteroatoms. The van der Waals surface area contributed by atoms with Crippen molar-refractivity contribution in [3.05, 3.63) is 60.2 Å². The summed E-state index contributed by atoms with van der Waals surface area (Å²) in [6.07, 6.45) is -4.36. The first-order chi connectivity index (χ1) is 10.9. The number of guanidine groups is 1. The highest BCUT2D eigenvalue weighted by Crippen LogP contribution is 2.19. The van der Waals surface area contributed by atoms with E-state index in [1.54, 1.807) is 12.1 Å². The van der Waals surface area contributed by atoms with E-state index in [1.807, 2.05) is 30.3 Å². The van der Waals surface area contributed by atoms with Crippen molar-refractivity contribution in [1.29, 1.82) is 0 Å². The van der Waals surface area contributed by atoms with Gasteiger partial charge in [0.25, 0.3) is 0 Å². The molecule has 2 aromatic rings. The zero-order chi connectivity index (χ0) is 16.7. The van der Waals surface area contributed by atoms with Crippen LogP contribution in [0, 0.1) is 0 Å². The van der Waals surface area contributed by atoms with Gasteiger partial charge in [-0.1, -0.05) is 30.3 Å². The SMILES string of the molecule is NC(=NCc1cccc(OCC(F)(F)F)c1)Nc1ccccc1. The minimum absolute atomic E-state index is 0.143. The van der Waals surface area contributed by atoms with Gasteiger partial charge in [0, 0.05) is 5.69 Å². The van der Waals surface area contributed by atoms with E-state index in [0.717, 1.165) is 5.69 Å². The van der Waals surface area contributed by atoms with Crippen LogP contribution in [0.25, 0.3) is 0 Å². The van der Waals surface area contributed by atoms with Crippen molar-refractivity contribution in [2.24, 2.45) is 10.7 Å². The molecule has 2 rings (SSSR count). The zero-order valence-corrected chi connectivity index (χ0v) is 12.2. The topological polar surface area (TPSA) is 59.6 Å². The molecule has 0 amide bonds. The summed E-state index contributed by atoms with van der Waals surface area (Å²) in [5, 5.41) is 2.92. The standard InChI is InChI=1S/C16H16F3N3O/c17-16(18,19)11-23-14-8-4-5-12(9-14)10-21-15(20)22-13-6-2-1-3-7-13/h1-9H,10-11H2,(H3,20,21,22). The number of benzene rings is 2. The van der Waals surface area contributed by atoms with Crippen LogP contribution in [-0.2, 0) is 6.54 Å². The predicted octanol–water partition coefficient (Wildman–Crippen LogP) is 3.55. The lowest BCUT2D eigenvalue weighted by atomic mass is 10.2. The first-order valence-corrected chi connectivity index (χ1v) is 6.83. The molecule has 0 unspecified atom stereocenters. The highest BCUT2D eigenvalue weighted by molar-refractivity contribution is 5.92. The molecule has 0 aliphatic carbocycles. The van der Waals surface area contributed by atoms with Gasteiger partial charge in [-0.15, -0.1) is 0 Å². The Kier molecular flexibility index (Phi) is 5.46. The maximum atomic E-state index is 12.1. The maximum absolute atomic E-state index is 12.1. The van der Waals surface area contributed by atoms with Crippen molar-refractivity contribution < 1.29 is 17.9 Å². The zero-order valence-electron chi connectivity index (χ0n) is 12.2. The number of halogens is 3. The number of nitrogens with two attached hydrogens (primary N) is 1. The average Bonchev–Trinajstić information content (AvgIpc) is 2.52. The van der Waals surface area contributed by atoms with Crippen molar-refractivity contribution in [2.75, 3.05) is 11.9 Å². The Morgan fingerprint density at radius 1 is 1.09 bits per heavy atom. The summed E-state index contributed by atoms with van der Waals surface area (Å²) in [5.41, 5.74) is 7.26. The van der Waals surface area contributed by atoms with Crippen LogP contribution in [-0.4, -0.2) is 18.7 Å². The summed E-state index contributed by atoms with van der Waals surface area (Å²) in [6.45, 7) is -1.09. The fourth-order valence-corrected chi connectivity index (χ4v) is 1.78. The van der Waals surface area contributed by atoms with E-state index in [2.05, 4.69) is 10.3 Å². The van der Waals surface area contributed by atoms with Gasteiger partial charge in [-0.05, 0) is 29.8 Å². The molecule has 0 fully saturated rings. The third kappa shape index (κ3) is 6.29. The van der Waals surface area contributed by atoms with E-state index in [0.29, 0.717) is 5.56 Å². The summed E-state index contributed by atoms with van der Waals surface area (Å²) in [7, 11) is 0. The van der Waals surface area contributed by atoms with Crippen molar-refractivity contribution in [1.82, 2.24) is 0 Å². The van der Waals surface area contributed by atoms with Gasteiger partial charge in [-0.25, -0.2) is 4.99 Å². The van der Waals surface area contributed by atoms with Crippen LogP contribution in [0.1, 0.15) is 5.56 Å². The van der Waals surface area contributed by atoms with Crippen molar-refractivity contribution in [3.8, 4) is 5.75 Å². The van der Waals surface area contributed by atoms with Gasteiger partial charge in [0.15, 0.2) is 12.6 Å². The van der Waals surface area contributed by atoms with Crippen LogP contribution < -0.4 is 15.8 Å². The van der Waals surface area contributed by atoms with Crippen molar-refractivity contribution in [2.45, 2.75) is 12.7 Å². The van der Waals surface area contributed by atoms with Crippen molar-refractivity contribution >= 4 is 11.6 Å². The fourth-order valence-electron chi connectivity index (χ4n) is 1.78. The maximum Gasteiger partial charge on any atom is 0.422 e. The molecular weight excluding hydrogens is 307 g/mol. The number of aliphatic imine (C=N–C) groups is 1. The second kappa shape index (κ2) is 7.53. The second-order valence-electron chi connectivity index (χ2n) is 4.74. The first-order valence-electron chi connectivity index (χ1n) is 6.83. The van der Waals surface area contributed by atoms with Crippen LogP contribution in [0.15, 0.2) is 59.6 Å². The number of anilines is 1. The number of rotatable bonds is 5. The van der Waals surface area contributed by atoms with E-state index in [4.69, 9.17) is 10.5 Å². The average molecular weight is 323 g/mol. The summed E-state index contributed by atoms with van der Waals surface area (Å²) < 4.78 is 41.1. The first kappa shape index (κ1) is 16.7. The summed E-state index contributed by atoms with van der Waals surface area (Å²) >= 11 is 0. The van der Waals surface area contributed by atoms with Gasteiger partial charge < -0.3 is 15.8 Å². The fraction of sp³-hybridized carbons (Fsp3) is 0.188.